The molecule has 0 bridgehead atoms. The van der Waals surface area contributed by atoms with Gasteiger partial charge in [0.15, 0.2) is 11.6 Å². The van der Waals surface area contributed by atoms with E-state index in [4.69, 9.17) is 4.74 Å². The van der Waals surface area contributed by atoms with E-state index in [9.17, 15) is 19.0 Å². The number of aliphatic hydroxyl groups excluding tert-OH is 2. The minimum Gasteiger partial charge on any atom is -0.487 e. The highest BCUT2D eigenvalue weighted by Gasteiger charge is 2.44. The third-order valence-electron chi connectivity index (χ3n) is 6.19. The number of aromatic nitrogens is 3. The average molecular weight is 416 g/mol. The van der Waals surface area contributed by atoms with Crippen LogP contribution in [-0.2, 0) is 13.0 Å². The molecule has 1 aliphatic heterocycles. The first-order chi connectivity index (χ1) is 14.5. The van der Waals surface area contributed by atoms with E-state index in [-0.39, 0.29) is 12.2 Å². The van der Waals surface area contributed by atoms with Crippen LogP contribution in [0.3, 0.4) is 0 Å². The van der Waals surface area contributed by atoms with Crippen molar-refractivity contribution in [1.29, 1.82) is 0 Å². The fourth-order valence-electron chi connectivity index (χ4n) is 4.57. The van der Waals surface area contributed by atoms with Crippen LogP contribution in [0.5, 0.6) is 5.75 Å². The molecule has 3 aromatic rings. The van der Waals surface area contributed by atoms with Gasteiger partial charge in [0.25, 0.3) is 0 Å². The summed E-state index contributed by atoms with van der Waals surface area (Å²) in [5.74, 6) is -1.63. The summed E-state index contributed by atoms with van der Waals surface area (Å²) in [6.45, 7) is 2.79. The van der Waals surface area contributed by atoms with Gasteiger partial charge in [0.2, 0.25) is 0 Å². The number of fused-ring (bicyclic) bond motifs is 2. The van der Waals surface area contributed by atoms with Crippen molar-refractivity contribution in [3.05, 3.63) is 53.1 Å². The van der Waals surface area contributed by atoms with Crippen LogP contribution in [0.1, 0.15) is 29.3 Å². The SMILES string of the molecule is Cc1ncnc2c1ccn2[C@@H]1C[C@H](Oc2cc(F)c(F)c3c2CNCC3)[C@@H](O)[C@H]1O. The van der Waals surface area contributed by atoms with Crippen molar-refractivity contribution in [1.82, 2.24) is 19.9 Å². The number of nitrogens with zero attached hydrogens (tertiary/aromatic N) is 3. The van der Waals surface area contributed by atoms with Gasteiger partial charge in [0, 0.05) is 41.7 Å². The lowest BCUT2D eigenvalue weighted by Crippen LogP contribution is -2.35. The van der Waals surface area contributed by atoms with Crippen LogP contribution in [-0.4, -0.2) is 49.6 Å². The molecule has 1 aliphatic carbocycles. The summed E-state index contributed by atoms with van der Waals surface area (Å²) in [4.78, 5) is 8.49. The highest BCUT2D eigenvalue weighted by molar-refractivity contribution is 5.78. The van der Waals surface area contributed by atoms with Crippen LogP contribution < -0.4 is 10.1 Å². The molecular weight excluding hydrogens is 394 g/mol. The van der Waals surface area contributed by atoms with Crippen LogP contribution >= 0.6 is 0 Å². The molecule has 2 aromatic heterocycles. The summed E-state index contributed by atoms with van der Waals surface area (Å²) in [7, 11) is 0. The number of hydrogen-bond donors (Lipinski definition) is 3. The minimum absolute atomic E-state index is 0.198. The van der Waals surface area contributed by atoms with Crippen molar-refractivity contribution >= 4 is 11.0 Å². The molecule has 3 heterocycles. The van der Waals surface area contributed by atoms with E-state index in [1.807, 2.05) is 17.6 Å². The summed E-state index contributed by atoms with van der Waals surface area (Å²) in [5.41, 5.74) is 2.34. The number of ether oxygens (including phenoxy) is 1. The number of aryl methyl sites for hydroxylation is 1. The van der Waals surface area contributed by atoms with Gasteiger partial charge in [-0.05, 0) is 26.0 Å². The molecule has 30 heavy (non-hydrogen) atoms. The van der Waals surface area contributed by atoms with E-state index in [1.165, 1.54) is 6.33 Å². The van der Waals surface area contributed by atoms with Crippen LogP contribution in [0.2, 0.25) is 0 Å². The lowest BCUT2D eigenvalue weighted by Gasteiger charge is -2.25. The molecule has 1 fully saturated rings. The van der Waals surface area contributed by atoms with E-state index in [2.05, 4.69) is 15.3 Å². The summed E-state index contributed by atoms with van der Waals surface area (Å²) >= 11 is 0. The third-order valence-corrected chi connectivity index (χ3v) is 6.19. The molecular formula is C21H22F2N4O3. The maximum Gasteiger partial charge on any atom is 0.162 e. The molecule has 158 valence electrons. The molecule has 7 nitrogen and oxygen atoms in total. The fraction of sp³-hybridized carbons (Fsp3) is 0.429. The summed E-state index contributed by atoms with van der Waals surface area (Å²) in [5, 5.41) is 25.3. The van der Waals surface area contributed by atoms with Crippen molar-refractivity contribution in [3.8, 4) is 5.75 Å². The second kappa shape index (κ2) is 7.26. The zero-order valence-electron chi connectivity index (χ0n) is 16.3. The Morgan fingerprint density at radius 3 is 2.87 bits per heavy atom. The normalized spacial score (nSPS) is 26.2. The molecule has 0 spiro atoms. The van der Waals surface area contributed by atoms with Crippen molar-refractivity contribution in [2.45, 2.75) is 50.7 Å². The van der Waals surface area contributed by atoms with Gasteiger partial charge < -0.3 is 24.8 Å². The number of hydrogen-bond acceptors (Lipinski definition) is 6. The monoisotopic (exact) mass is 416 g/mol. The van der Waals surface area contributed by atoms with E-state index >= 15 is 0 Å². The number of benzene rings is 1. The van der Waals surface area contributed by atoms with Gasteiger partial charge in [-0.25, -0.2) is 18.7 Å². The molecule has 0 saturated heterocycles. The van der Waals surface area contributed by atoms with Crippen molar-refractivity contribution in [3.63, 3.8) is 0 Å². The van der Waals surface area contributed by atoms with Gasteiger partial charge >= 0.3 is 0 Å². The van der Waals surface area contributed by atoms with Crippen LogP contribution in [0.4, 0.5) is 8.78 Å². The molecule has 4 atom stereocenters. The zero-order chi connectivity index (χ0) is 21.0. The first-order valence-electron chi connectivity index (χ1n) is 9.97. The number of nitrogens with one attached hydrogen (secondary N) is 1. The topological polar surface area (TPSA) is 92.4 Å². The van der Waals surface area contributed by atoms with Gasteiger partial charge in [0.05, 0.1) is 11.7 Å². The number of aliphatic hydroxyl groups is 2. The number of rotatable bonds is 3. The molecule has 0 radical (unpaired) electrons. The largest absolute Gasteiger partial charge is 0.487 e. The van der Waals surface area contributed by atoms with Crippen LogP contribution in [0.15, 0.2) is 24.7 Å². The second-order valence-corrected chi connectivity index (χ2v) is 7.91. The quantitative estimate of drug-likeness (QED) is 0.603. The second-order valence-electron chi connectivity index (χ2n) is 7.91. The lowest BCUT2D eigenvalue weighted by atomic mass is 9.99. The minimum atomic E-state index is -1.18. The van der Waals surface area contributed by atoms with Crippen molar-refractivity contribution < 1.29 is 23.7 Å². The summed E-state index contributed by atoms with van der Waals surface area (Å²) in [6, 6.07) is 2.42. The van der Waals surface area contributed by atoms with E-state index in [1.54, 1.807) is 6.20 Å². The highest BCUT2D eigenvalue weighted by Crippen LogP contribution is 2.38. The van der Waals surface area contributed by atoms with E-state index in [0.29, 0.717) is 36.3 Å². The van der Waals surface area contributed by atoms with Gasteiger partial charge in [-0.1, -0.05) is 0 Å². The zero-order valence-corrected chi connectivity index (χ0v) is 16.3. The van der Waals surface area contributed by atoms with Gasteiger partial charge in [0.1, 0.15) is 36.0 Å². The fourth-order valence-corrected chi connectivity index (χ4v) is 4.57. The lowest BCUT2D eigenvalue weighted by molar-refractivity contribution is -0.0167. The molecule has 1 aromatic carbocycles. The van der Waals surface area contributed by atoms with Crippen LogP contribution in [0, 0.1) is 18.6 Å². The Balaban J connectivity index is 1.46. The Labute approximate surface area is 171 Å². The molecule has 5 rings (SSSR count). The molecule has 2 aliphatic rings. The Hall–Kier alpha value is -2.62. The smallest absolute Gasteiger partial charge is 0.162 e. The average Bonchev–Trinajstić information content (AvgIpc) is 3.29. The number of halogens is 2. The predicted molar refractivity (Wildman–Crippen MR) is 104 cm³/mol. The maximum atomic E-state index is 14.2. The van der Waals surface area contributed by atoms with Crippen LogP contribution in [0.25, 0.3) is 11.0 Å². The molecule has 0 unspecified atom stereocenters. The Kier molecular flexibility index (Phi) is 4.68. The van der Waals surface area contributed by atoms with Crippen molar-refractivity contribution in [2.24, 2.45) is 0 Å². The van der Waals surface area contributed by atoms with E-state index < -0.39 is 36.0 Å². The third kappa shape index (κ3) is 2.96. The Morgan fingerprint density at radius 2 is 2.03 bits per heavy atom. The summed E-state index contributed by atoms with van der Waals surface area (Å²) < 4.78 is 36.1. The Morgan fingerprint density at radius 1 is 1.20 bits per heavy atom. The molecule has 1 saturated carbocycles. The molecule has 3 N–H and O–H groups in total. The standard InChI is InChI=1S/C21H22F2N4O3/c1-10-11-3-5-27(21(11)26-9-25-10)15-7-17(20(29)19(15)28)30-16-6-14(22)18(23)12-2-4-24-8-13(12)16/h3,5-6,9,15,17,19-20,24,28-29H,2,4,7-8H2,1H3/t15-,17+,19+,20-/m1/s1. The molecule has 9 heteroatoms. The maximum absolute atomic E-state index is 14.2. The molecule has 0 amide bonds. The predicted octanol–water partition coefficient (Wildman–Crippen LogP) is 1.78. The van der Waals surface area contributed by atoms with Gasteiger partial charge in [-0.15, -0.1) is 0 Å². The van der Waals surface area contributed by atoms with Crippen molar-refractivity contribution in [2.75, 3.05) is 6.54 Å². The first-order valence-corrected chi connectivity index (χ1v) is 9.97. The van der Waals surface area contributed by atoms with Gasteiger partial charge in [-0.2, -0.15) is 0 Å². The Bertz CT molecular complexity index is 1120. The van der Waals surface area contributed by atoms with E-state index in [0.717, 1.165) is 17.1 Å². The first kappa shape index (κ1) is 19.3. The highest BCUT2D eigenvalue weighted by atomic mass is 19.2. The summed E-state index contributed by atoms with van der Waals surface area (Å²) in [6.07, 6.45) is 0.856. The van der Waals surface area contributed by atoms with Gasteiger partial charge in [-0.3, -0.25) is 0 Å².